The van der Waals surface area contributed by atoms with Gasteiger partial charge < -0.3 is 15.5 Å². The molecule has 2 rings (SSSR count). The molecule has 1 saturated heterocycles. The van der Waals surface area contributed by atoms with Crippen LogP contribution in [-0.2, 0) is 11.0 Å². The monoisotopic (exact) mass is 365 g/mol. The Bertz CT molecular complexity index is 531. The molecule has 0 atom stereocenters. The van der Waals surface area contributed by atoms with Gasteiger partial charge in [0.05, 0.1) is 16.9 Å². The molecule has 0 unspecified atom stereocenters. The average molecular weight is 366 g/mol. The van der Waals surface area contributed by atoms with Crippen molar-refractivity contribution in [2.45, 2.75) is 13.1 Å². The normalized spacial score (nSPS) is 16.2. The third kappa shape index (κ3) is 3.42. The number of anilines is 2. The van der Waals surface area contributed by atoms with Crippen LogP contribution < -0.4 is 10.6 Å². The average Bonchev–Trinajstić information content (AvgIpc) is 2.37. The Balaban J connectivity index is 2.24. The van der Waals surface area contributed by atoms with Crippen LogP contribution in [0.4, 0.5) is 24.5 Å². The lowest BCUT2D eigenvalue weighted by molar-refractivity contribution is -0.137. The molecule has 1 heterocycles. The van der Waals surface area contributed by atoms with Crippen molar-refractivity contribution < 1.29 is 18.0 Å². The Hall–Kier alpha value is -1.44. The van der Waals surface area contributed by atoms with Crippen molar-refractivity contribution in [2.24, 2.45) is 0 Å². The number of nitrogen functional groups attached to an aromatic ring is 1. The molecule has 0 aromatic heterocycles. The van der Waals surface area contributed by atoms with Crippen LogP contribution in [0.15, 0.2) is 16.6 Å². The number of carbonyl (C=O) groups excluding carboxylic acids is 1. The highest BCUT2D eigenvalue weighted by molar-refractivity contribution is 9.10. The van der Waals surface area contributed by atoms with Crippen molar-refractivity contribution in [1.29, 1.82) is 0 Å². The lowest BCUT2D eigenvalue weighted by atomic mass is 10.1. The van der Waals surface area contributed by atoms with E-state index < -0.39 is 11.7 Å². The fraction of sp³-hybridized carbons (Fsp3) is 0.462. The maximum atomic E-state index is 12.7. The summed E-state index contributed by atoms with van der Waals surface area (Å²) in [6.07, 6.45) is -4.43. The van der Waals surface area contributed by atoms with Crippen molar-refractivity contribution in [3.05, 3.63) is 22.2 Å². The van der Waals surface area contributed by atoms with Crippen LogP contribution in [0.25, 0.3) is 0 Å². The smallest absolute Gasteiger partial charge is 0.397 e. The van der Waals surface area contributed by atoms with Crippen LogP contribution in [-0.4, -0.2) is 37.0 Å². The second-order valence-corrected chi connectivity index (χ2v) is 5.74. The quantitative estimate of drug-likeness (QED) is 0.778. The highest BCUT2D eigenvalue weighted by atomic mass is 79.9. The zero-order chi connectivity index (χ0) is 15.8. The first-order valence-corrected chi connectivity index (χ1v) is 7.16. The van der Waals surface area contributed by atoms with E-state index in [1.165, 1.54) is 6.92 Å². The molecule has 0 aliphatic carbocycles. The Morgan fingerprint density at radius 1 is 1.24 bits per heavy atom. The van der Waals surface area contributed by atoms with Gasteiger partial charge in [-0.1, -0.05) is 0 Å². The van der Waals surface area contributed by atoms with Gasteiger partial charge in [-0.05, 0) is 28.1 Å². The summed E-state index contributed by atoms with van der Waals surface area (Å²) in [7, 11) is 0. The van der Waals surface area contributed by atoms with Gasteiger partial charge >= 0.3 is 6.18 Å². The molecule has 1 aliphatic rings. The molecule has 2 N–H and O–H groups in total. The van der Waals surface area contributed by atoms with Crippen molar-refractivity contribution in [2.75, 3.05) is 36.8 Å². The maximum absolute atomic E-state index is 12.7. The summed E-state index contributed by atoms with van der Waals surface area (Å²) in [5.74, 6) is -0.00546. The summed E-state index contributed by atoms with van der Waals surface area (Å²) in [5, 5.41) is 0. The number of benzene rings is 1. The van der Waals surface area contributed by atoms with Crippen LogP contribution in [0.2, 0.25) is 0 Å². The molecular formula is C13H15BrF3N3O. The van der Waals surface area contributed by atoms with E-state index in [1.54, 1.807) is 4.90 Å². The topological polar surface area (TPSA) is 49.6 Å². The number of hydrogen-bond acceptors (Lipinski definition) is 3. The summed E-state index contributed by atoms with van der Waals surface area (Å²) in [6.45, 7) is 3.63. The third-order valence-corrected chi connectivity index (χ3v) is 4.07. The molecule has 21 heavy (non-hydrogen) atoms. The van der Waals surface area contributed by atoms with Crippen molar-refractivity contribution >= 4 is 33.2 Å². The minimum Gasteiger partial charge on any atom is -0.397 e. The van der Waals surface area contributed by atoms with Gasteiger partial charge in [0.15, 0.2) is 0 Å². The summed E-state index contributed by atoms with van der Waals surface area (Å²) in [6, 6.07) is 1.97. The van der Waals surface area contributed by atoms with Gasteiger partial charge in [-0.2, -0.15) is 13.2 Å². The fourth-order valence-electron chi connectivity index (χ4n) is 2.36. The first-order chi connectivity index (χ1) is 9.70. The van der Waals surface area contributed by atoms with E-state index in [-0.39, 0.29) is 11.6 Å². The zero-order valence-electron chi connectivity index (χ0n) is 11.4. The molecular weight excluding hydrogens is 351 g/mol. The summed E-state index contributed by atoms with van der Waals surface area (Å²) < 4.78 is 38.5. The Morgan fingerprint density at radius 2 is 1.81 bits per heavy atom. The highest BCUT2D eigenvalue weighted by Gasteiger charge is 2.32. The van der Waals surface area contributed by atoms with E-state index in [9.17, 15) is 18.0 Å². The van der Waals surface area contributed by atoms with E-state index in [4.69, 9.17) is 5.73 Å². The van der Waals surface area contributed by atoms with Crippen molar-refractivity contribution in [3.63, 3.8) is 0 Å². The van der Waals surface area contributed by atoms with E-state index in [0.29, 0.717) is 36.3 Å². The number of alkyl halides is 3. The molecule has 0 saturated carbocycles. The van der Waals surface area contributed by atoms with E-state index in [1.807, 2.05) is 4.90 Å². The van der Waals surface area contributed by atoms with Gasteiger partial charge in [0, 0.05) is 37.6 Å². The molecule has 116 valence electrons. The number of rotatable bonds is 1. The minimum atomic E-state index is -4.43. The Labute approximate surface area is 128 Å². The molecule has 1 amide bonds. The van der Waals surface area contributed by atoms with Crippen LogP contribution in [0.1, 0.15) is 12.5 Å². The van der Waals surface area contributed by atoms with E-state index in [2.05, 4.69) is 15.9 Å². The molecule has 0 bridgehead atoms. The third-order valence-electron chi connectivity index (χ3n) is 3.46. The first kappa shape index (κ1) is 15.9. The second-order valence-electron chi connectivity index (χ2n) is 4.89. The number of piperazine rings is 1. The van der Waals surface area contributed by atoms with Gasteiger partial charge in [0.2, 0.25) is 5.91 Å². The van der Waals surface area contributed by atoms with Crippen LogP contribution in [0.3, 0.4) is 0 Å². The Morgan fingerprint density at radius 3 is 2.24 bits per heavy atom. The molecule has 4 nitrogen and oxygen atoms in total. The number of nitrogens with two attached hydrogens (primary N) is 1. The molecule has 8 heteroatoms. The SMILES string of the molecule is CC(=O)N1CCN(c2c(N)cc(C(F)(F)F)cc2Br)CC1. The maximum Gasteiger partial charge on any atom is 0.416 e. The molecule has 0 radical (unpaired) electrons. The number of amides is 1. The predicted molar refractivity (Wildman–Crippen MR) is 78.0 cm³/mol. The highest BCUT2D eigenvalue weighted by Crippen LogP contribution is 2.39. The van der Waals surface area contributed by atoms with Crippen molar-refractivity contribution in [1.82, 2.24) is 4.90 Å². The first-order valence-electron chi connectivity index (χ1n) is 6.37. The number of carbonyl (C=O) groups is 1. The number of halogens is 4. The second kappa shape index (κ2) is 5.75. The van der Waals surface area contributed by atoms with Crippen LogP contribution >= 0.6 is 15.9 Å². The molecule has 1 aromatic rings. The van der Waals surface area contributed by atoms with Crippen LogP contribution in [0.5, 0.6) is 0 Å². The van der Waals surface area contributed by atoms with Crippen LogP contribution in [0, 0.1) is 0 Å². The summed E-state index contributed by atoms with van der Waals surface area (Å²) >= 11 is 3.17. The van der Waals surface area contributed by atoms with E-state index in [0.717, 1.165) is 12.1 Å². The van der Waals surface area contributed by atoms with E-state index >= 15 is 0 Å². The Kier molecular flexibility index (Phi) is 4.36. The van der Waals surface area contributed by atoms with Gasteiger partial charge in [-0.3, -0.25) is 4.79 Å². The standard InChI is InChI=1S/C13H15BrF3N3O/c1-8(21)19-2-4-20(5-3-19)12-10(14)6-9(7-11(12)18)13(15,16)17/h6-7H,2-5,18H2,1H3. The summed E-state index contributed by atoms with van der Waals surface area (Å²) in [5.41, 5.74) is 5.64. The van der Waals surface area contributed by atoms with Gasteiger partial charge in [-0.25, -0.2) is 0 Å². The molecule has 0 spiro atoms. The van der Waals surface area contributed by atoms with Gasteiger partial charge in [-0.15, -0.1) is 0 Å². The molecule has 1 fully saturated rings. The van der Waals surface area contributed by atoms with Gasteiger partial charge in [0.25, 0.3) is 0 Å². The number of nitrogens with zero attached hydrogens (tertiary/aromatic N) is 2. The van der Waals surface area contributed by atoms with Crippen molar-refractivity contribution in [3.8, 4) is 0 Å². The fourth-order valence-corrected chi connectivity index (χ4v) is 3.09. The zero-order valence-corrected chi connectivity index (χ0v) is 13.0. The number of hydrogen-bond donors (Lipinski definition) is 1. The molecule has 1 aliphatic heterocycles. The molecule has 1 aromatic carbocycles. The summed E-state index contributed by atoms with van der Waals surface area (Å²) in [4.78, 5) is 14.9. The lowest BCUT2D eigenvalue weighted by Crippen LogP contribution is -2.48. The minimum absolute atomic E-state index is 0.00546. The predicted octanol–water partition coefficient (Wildman–Crippen LogP) is 2.72. The largest absolute Gasteiger partial charge is 0.416 e. The van der Waals surface area contributed by atoms with Gasteiger partial charge in [0.1, 0.15) is 0 Å². The lowest BCUT2D eigenvalue weighted by Gasteiger charge is -2.36.